The standard InChI is InChI=1S/C9H7ClN/c1-11-5-4-7-6-8(10)2-3-9(7)11/h2-4,6H,1H3. The third-order valence-corrected chi connectivity index (χ3v) is 2.00. The van der Waals surface area contributed by atoms with Gasteiger partial charge in [0, 0.05) is 23.0 Å². The maximum absolute atomic E-state index is 5.80. The Hall–Kier alpha value is -0.950. The Labute approximate surface area is 70.2 Å². The van der Waals surface area contributed by atoms with Crippen LogP contribution in [0.25, 0.3) is 10.9 Å². The van der Waals surface area contributed by atoms with Crippen LogP contribution in [0.4, 0.5) is 0 Å². The molecule has 0 saturated carbocycles. The number of aryl methyl sites for hydroxylation is 1. The van der Waals surface area contributed by atoms with Crippen molar-refractivity contribution in [2.75, 3.05) is 0 Å². The van der Waals surface area contributed by atoms with E-state index in [1.807, 2.05) is 35.9 Å². The number of nitrogens with zero attached hydrogens (tertiary/aromatic N) is 1. The quantitative estimate of drug-likeness (QED) is 0.564. The van der Waals surface area contributed by atoms with Crippen molar-refractivity contribution < 1.29 is 0 Å². The summed E-state index contributed by atoms with van der Waals surface area (Å²) in [6.07, 6.45) is 3.06. The topological polar surface area (TPSA) is 4.93 Å². The molecule has 0 atom stereocenters. The molecule has 0 aliphatic carbocycles. The molecule has 0 saturated heterocycles. The molecule has 0 N–H and O–H groups in total. The van der Waals surface area contributed by atoms with E-state index in [9.17, 15) is 0 Å². The molecular weight excluding hydrogens is 158 g/mol. The highest BCUT2D eigenvalue weighted by molar-refractivity contribution is 6.31. The van der Waals surface area contributed by atoms with Crippen molar-refractivity contribution in [3.8, 4) is 0 Å². The maximum Gasteiger partial charge on any atom is 0.0656 e. The molecule has 0 spiro atoms. The Kier molecular flexibility index (Phi) is 1.40. The fraction of sp³-hybridized carbons (Fsp3) is 0.111. The van der Waals surface area contributed by atoms with Gasteiger partial charge >= 0.3 is 0 Å². The van der Waals surface area contributed by atoms with Crippen LogP contribution in [0.3, 0.4) is 0 Å². The van der Waals surface area contributed by atoms with Gasteiger partial charge in [-0.2, -0.15) is 0 Å². The Morgan fingerprint density at radius 3 is 3.09 bits per heavy atom. The molecule has 0 aliphatic heterocycles. The summed E-state index contributed by atoms with van der Waals surface area (Å²) in [5.74, 6) is 0. The predicted molar refractivity (Wildman–Crippen MR) is 46.8 cm³/mol. The second kappa shape index (κ2) is 2.28. The highest BCUT2D eigenvalue weighted by atomic mass is 35.5. The molecular formula is C9H7ClN. The van der Waals surface area contributed by atoms with E-state index in [2.05, 4.69) is 6.20 Å². The van der Waals surface area contributed by atoms with E-state index in [1.165, 1.54) is 0 Å². The van der Waals surface area contributed by atoms with Gasteiger partial charge in [0.05, 0.1) is 6.20 Å². The number of halogens is 1. The summed E-state index contributed by atoms with van der Waals surface area (Å²) in [7, 11) is 1.97. The minimum absolute atomic E-state index is 0.775. The maximum atomic E-state index is 5.80. The molecule has 0 unspecified atom stereocenters. The van der Waals surface area contributed by atoms with E-state index in [1.54, 1.807) is 0 Å². The Morgan fingerprint density at radius 2 is 2.27 bits per heavy atom. The second-order valence-corrected chi connectivity index (χ2v) is 2.97. The van der Waals surface area contributed by atoms with Crippen LogP contribution in [0.2, 0.25) is 5.02 Å². The smallest absolute Gasteiger partial charge is 0.0656 e. The van der Waals surface area contributed by atoms with Gasteiger partial charge in [-0.15, -0.1) is 0 Å². The summed E-state index contributed by atoms with van der Waals surface area (Å²) >= 11 is 5.80. The summed E-state index contributed by atoms with van der Waals surface area (Å²) in [6, 6.07) is 7.75. The fourth-order valence-corrected chi connectivity index (χ4v) is 1.36. The van der Waals surface area contributed by atoms with Crippen molar-refractivity contribution >= 4 is 22.5 Å². The summed E-state index contributed by atoms with van der Waals surface area (Å²) in [6.45, 7) is 0. The first-order chi connectivity index (χ1) is 5.27. The first-order valence-corrected chi connectivity index (χ1v) is 3.78. The van der Waals surface area contributed by atoms with Crippen molar-refractivity contribution in [3.63, 3.8) is 0 Å². The van der Waals surface area contributed by atoms with E-state index >= 15 is 0 Å². The van der Waals surface area contributed by atoms with Gasteiger partial charge in [0.25, 0.3) is 0 Å². The minimum Gasteiger partial charge on any atom is -0.342 e. The van der Waals surface area contributed by atoms with Crippen LogP contribution in [-0.2, 0) is 7.05 Å². The predicted octanol–water partition coefficient (Wildman–Crippen LogP) is 2.63. The van der Waals surface area contributed by atoms with Crippen LogP contribution < -0.4 is 0 Å². The molecule has 1 radical (unpaired) electrons. The molecule has 1 aromatic carbocycles. The number of aromatic nitrogens is 1. The van der Waals surface area contributed by atoms with Crippen LogP contribution in [0.5, 0.6) is 0 Å². The molecule has 2 heteroatoms. The molecule has 0 bridgehead atoms. The molecule has 0 aliphatic rings. The summed E-state index contributed by atoms with van der Waals surface area (Å²) in [4.78, 5) is 0. The molecule has 2 rings (SSSR count). The van der Waals surface area contributed by atoms with Crippen molar-refractivity contribution in [1.29, 1.82) is 0 Å². The van der Waals surface area contributed by atoms with Crippen molar-refractivity contribution in [1.82, 2.24) is 4.57 Å². The van der Waals surface area contributed by atoms with E-state index in [0.29, 0.717) is 0 Å². The zero-order valence-electron chi connectivity index (χ0n) is 6.13. The average molecular weight is 165 g/mol. The van der Waals surface area contributed by atoms with Crippen LogP contribution in [0, 0.1) is 6.20 Å². The monoisotopic (exact) mass is 164 g/mol. The Bertz CT molecular complexity index is 389. The number of benzene rings is 1. The number of hydrogen-bond acceptors (Lipinski definition) is 0. The normalized spacial score (nSPS) is 10.7. The lowest BCUT2D eigenvalue weighted by atomic mass is 10.2. The number of rotatable bonds is 0. The molecule has 11 heavy (non-hydrogen) atoms. The molecule has 1 heterocycles. The Morgan fingerprint density at radius 1 is 1.45 bits per heavy atom. The van der Waals surface area contributed by atoms with Gasteiger partial charge < -0.3 is 4.57 Å². The van der Waals surface area contributed by atoms with Gasteiger partial charge in [0.2, 0.25) is 0 Å². The third-order valence-electron chi connectivity index (χ3n) is 1.76. The SMILES string of the molecule is Cn1[c]cc2cc(Cl)ccc21. The van der Waals surface area contributed by atoms with Gasteiger partial charge in [-0.3, -0.25) is 0 Å². The van der Waals surface area contributed by atoms with Crippen molar-refractivity contribution in [2.24, 2.45) is 7.05 Å². The van der Waals surface area contributed by atoms with Crippen LogP contribution in [0.15, 0.2) is 24.3 Å². The first-order valence-electron chi connectivity index (χ1n) is 3.40. The fourth-order valence-electron chi connectivity index (χ4n) is 1.18. The number of fused-ring (bicyclic) bond motifs is 1. The van der Waals surface area contributed by atoms with Crippen molar-refractivity contribution in [2.45, 2.75) is 0 Å². The number of hydrogen-bond donors (Lipinski definition) is 0. The van der Waals surface area contributed by atoms with Gasteiger partial charge in [-0.1, -0.05) is 11.6 Å². The van der Waals surface area contributed by atoms with Gasteiger partial charge in [-0.25, -0.2) is 0 Å². The second-order valence-electron chi connectivity index (χ2n) is 2.54. The van der Waals surface area contributed by atoms with E-state index < -0.39 is 0 Å². The lowest BCUT2D eigenvalue weighted by Gasteiger charge is -1.94. The van der Waals surface area contributed by atoms with Gasteiger partial charge in [0.15, 0.2) is 0 Å². The van der Waals surface area contributed by atoms with Crippen molar-refractivity contribution in [3.05, 3.63) is 35.5 Å². The summed E-state index contributed by atoms with van der Waals surface area (Å²) < 4.78 is 1.95. The van der Waals surface area contributed by atoms with Crippen LogP contribution >= 0.6 is 11.6 Å². The highest BCUT2D eigenvalue weighted by Gasteiger charge is 1.96. The molecule has 2 aromatic rings. The minimum atomic E-state index is 0.775. The molecule has 0 amide bonds. The van der Waals surface area contributed by atoms with Crippen LogP contribution in [0.1, 0.15) is 0 Å². The van der Waals surface area contributed by atoms with E-state index in [4.69, 9.17) is 11.6 Å². The van der Waals surface area contributed by atoms with Crippen LogP contribution in [-0.4, -0.2) is 4.57 Å². The largest absolute Gasteiger partial charge is 0.342 e. The molecule has 0 fully saturated rings. The zero-order valence-corrected chi connectivity index (χ0v) is 6.89. The van der Waals surface area contributed by atoms with Gasteiger partial charge in [0.1, 0.15) is 0 Å². The summed E-state index contributed by atoms with van der Waals surface area (Å²) in [5, 5.41) is 1.91. The van der Waals surface area contributed by atoms with E-state index in [0.717, 1.165) is 15.9 Å². The third kappa shape index (κ3) is 1.02. The Balaban J connectivity index is 2.86. The zero-order chi connectivity index (χ0) is 7.84. The average Bonchev–Trinajstić information content (AvgIpc) is 2.32. The molecule has 1 aromatic heterocycles. The lowest BCUT2D eigenvalue weighted by Crippen LogP contribution is -1.82. The molecule has 55 valence electrons. The lowest BCUT2D eigenvalue weighted by molar-refractivity contribution is 0.960. The summed E-state index contributed by atoms with van der Waals surface area (Å²) in [5.41, 5.74) is 1.16. The molecule has 1 nitrogen and oxygen atoms in total. The first kappa shape index (κ1) is 6.74. The van der Waals surface area contributed by atoms with E-state index in [-0.39, 0.29) is 0 Å². The van der Waals surface area contributed by atoms with Gasteiger partial charge in [-0.05, 0) is 24.3 Å². The highest BCUT2D eigenvalue weighted by Crippen LogP contribution is 2.18.